The molecule has 1 aromatic heterocycles. The topological polar surface area (TPSA) is 91.8 Å². The number of aromatic nitrogens is 1. The quantitative estimate of drug-likeness (QED) is 0.348. The Kier molecular flexibility index (Phi) is 9.36. The minimum absolute atomic E-state index is 0.00505. The van der Waals surface area contributed by atoms with E-state index in [0.29, 0.717) is 0 Å². The van der Waals surface area contributed by atoms with Gasteiger partial charge in [-0.1, -0.05) is 51.5 Å². The molecule has 0 radical (unpaired) electrons. The largest absolute Gasteiger partial charge is 0.493 e. The van der Waals surface area contributed by atoms with Crippen molar-refractivity contribution in [1.82, 2.24) is 4.98 Å². The van der Waals surface area contributed by atoms with Gasteiger partial charge >= 0.3 is 11.9 Å². The van der Waals surface area contributed by atoms with E-state index < -0.39 is 29.6 Å². The summed E-state index contributed by atoms with van der Waals surface area (Å²) in [5.74, 6) is -2.35. The number of methoxy groups -OCH3 is 1. The number of pyridine rings is 1. The second-order valence-corrected chi connectivity index (χ2v) is 9.09. The highest BCUT2D eigenvalue weighted by Gasteiger charge is 2.28. The zero-order chi connectivity index (χ0) is 25.6. The van der Waals surface area contributed by atoms with E-state index in [9.17, 15) is 14.4 Å². The Hall–Kier alpha value is -3.22. The number of Topliss-reactive ketones (excluding diaryl/α,β-unsaturated/α-hetero) is 1. The fraction of sp³-hybridized carbons (Fsp3) is 0.481. The van der Waals surface area contributed by atoms with Crippen LogP contribution in [0.5, 0.6) is 11.5 Å². The predicted molar refractivity (Wildman–Crippen MR) is 129 cm³/mol. The van der Waals surface area contributed by atoms with E-state index >= 15 is 0 Å². The van der Waals surface area contributed by atoms with Crippen LogP contribution in [0.2, 0.25) is 0 Å². The second-order valence-electron chi connectivity index (χ2n) is 9.09. The summed E-state index contributed by atoms with van der Waals surface area (Å²) in [6.45, 7) is 12.9. The molecule has 0 N–H and O–H groups in total. The van der Waals surface area contributed by atoms with E-state index in [1.807, 2.05) is 33.8 Å². The normalized spacial score (nSPS) is 13.7. The molecular formula is C27H35NO6. The molecule has 3 atom stereocenters. The lowest BCUT2D eigenvalue weighted by Gasteiger charge is -2.24. The average molecular weight is 470 g/mol. The number of esters is 2. The summed E-state index contributed by atoms with van der Waals surface area (Å²) in [5.41, 5.74) is 3.39. The number of benzene rings is 1. The van der Waals surface area contributed by atoms with E-state index in [1.54, 1.807) is 20.8 Å². The van der Waals surface area contributed by atoms with Crippen molar-refractivity contribution in [1.29, 1.82) is 0 Å². The number of nitrogens with zero attached hydrogens (tertiary/aromatic N) is 1. The van der Waals surface area contributed by atoms with Crippen molar-refractivity contribution in [3.63, 3.8) is 0 Å². The molecular weight excluding hydrogens is 434 g/mol. The summed E-state index contributed by atoms with van der Waals surface area (Å²) in [6.07, 6.45) is 0.884. The van der Waals surface area contributed by atoms with Crippen LogP contribution in [0.1, 0.15) is 74.1 Å². The number of carbonyl (C=O) groups excluding carboxylic acids is 3. The molecule has 0 aliphatic rings. The van der Waals surface area contributed by atoms with Crippen LogP contribution in [0.3, 0.4) is 0 Å². The van der Waals surface area contributed by atoms with Crippen LogP contribution >= 0.6 is 0 Å². The molecule has 7 nitrogen and oxygen atoms in total. The van der Waals surface area contributed by atoms with Gasteiger partial charge < -0.3 is 14.2 Å². The third-order valence-corrected chi connectivity index (χ3v) is 5.84. The lowest BCUT2D eigenvalue weighted by molar-refractivity contribution is -0.153. The molecule has 2 rings (SSSR count). The molecule has 0 aliphatic heterocycles. The van der Waals surface area contributed by atoms with Gasteiger partial charge in [0.1, 0.15) is 6.10 Å². The molecule has 7 heteroatoms. The Labute approximate surface area is 201 Å². The van der Waals surface area contributed by atoms with Gasteiger partial charge in [-0.2, -0.15) is 0 Å². The SMILES string of the molecule is COc1ccnc(C(=O)C[C@@H](C)C(=O)O[C@H](C)[C@H](C)c2ccc(C)cc2C)c1OC(=O)C(C)C. The Morgan fingerprint density at radius 2 is 1.65 bits per heavy atom. The number of rotatable bonds is 10. The second kappa shape index (κ2) is 11.8. The fourth-order valence-electron chi connectivity index (χ4n) is 3.56. The summed E-state index contributed by atoms with van der Waals surface area (Å²) in [5, 5.41) is 0. The standard InChI is InChI=1S/C27H35NO6/c1-15(2)26(30)34-25-23(32-8)11-12-28-24(25)22(29)14-18(5)27(31)33-20(7)19(6)21-10-9-16(3)13-17(21)4/h9-13,15,18-20H,14H2,1-8H3/t18-,19+,20-/m1/s1. The van der Waals surface area contributed by atoms with Gasteiger partial charge in [0, 0.05) is 24.6 Å². The molecule has 0 unspecified atom stereocenters. The van der Waals surface area contributed by atoms with Crippen LogP contribution in [-0.2, 0) is 14.3 Å². The maximum Gasteiger partial charge on any atom is 0.313 e. The highest BCUT2D eigenvalue weighted by atomic mass is 16.6. The lowest BCUT2D eigenvalue weighted by atomic mass is 9.91. The van der Waals surface area contributed by atoms with Crippen molar-refractivity contribution in [3.05, 3.63) is 52.8 Å². The Morgan fingerprint density at radius 1 is 0.971 bits per heavy atom. The lowest BCUT2D eigenvalue weighted by Crippen LogP contribution is -2.26. The van der Waals surface area contributed by atoms with E-state index in [1.165, 1.54) is 24.9 Å². The first-order valence-corrected chi connectivity index (χ1v) is 11.5. The highest BCUT2D eigenvalue weighted by Crippen LogP contribution is 2.32. The zero-order valence-corrected chi connectivity index (χ0v) is 21.3. The minimum Gasteiger partial charge on any atom is -0.493 e. The third kappa shape index (κ3) is 6.65. The fourth-order valence-corrected chi connectivity index (χ4v) is 3.56. The molecule has 0 bridgehead atoms. The molecule has 184 valence electrons. The third-order valence-electron chi connectivity index (χ3n) is 5.84. The van der Waals surface area contributed by atoms with E-state index in [0.717, 1.165) is 11.1 Å². The van der Waals surface area contributed by atoms with E-state index in [4.69, 9.17) is 14.2 Å². The molecule has 0 spiro atoms. The predicted octanol–water partition coefficient (Wildman–Crippen LogP) is 5.21. The van der Waals surface area contributed by atoms with Crippen LogP contribution in [0.15, 0.2) is 30.5 Å². The number of ether oxygens (including phenoxy) is 3. The molecule has 0 saturated carbocycles. The summed E-state index contributed by atoms with van der Waals surface area (Å²) in [4.78, 5) is 42.0. The van der Waals surface area contributed by atoms with Crippen LogP contribution in [0.4, 0.5) is 0 Å². The monoisotopic (exact) mass is 469 g/mol. The van der Waals surface area contributed by atoms with Gasteiger partial charge in [-0.25, -0.2) is 4.98 Å². The molecule has 1 aromatic carbocycles. The van der Waals surface area contributed by atoms with Crippen LogP contribution in [0.25, 0.3) is 0 Å². The van der Waals surface area contributed by atoms with Gasteiger partial charge in [-0.05, 0) is 31.9 Å². The van der Waals surface area contributed by atoms with Gasteiger partial charge in [0.25, 0.3) is 0 Å². The van der Waals surface area contributed by atoms with Crippen molar-refractivity contribution in [2.24, 2.45) is 11.8 Å². The number of ketones is 1. The Morgan fingerprint density at radius 3 is 2.24 bits per heavy atom. The highest BCUT2D eigenvalue weighted by molar-refractivity contribution is 6.00. The minimum atomic E-state index is -0.706. The average Bonchev–Trinajstić information content (AvgIpc) is 2.78. The Balaban J connectivity index is 2.11. The molecule has 1 heterocycles. The summed E-state index contributed by atoms with van der Waals surface area (Å²) >= 11 is 0. The van der Waals surface area contributed by atoms with Crippen molar-refractivity contribution >= 4 is 17.7 Å². The van der Waals surface area contributed by atoms with Crippen LogP contribution in [-0.4, -0.2) is 35.9 Å². The first kappa shape index (κ1) is 27.0. The van der Waals surface area contributed by atoms with Crippen molar-refractivity contribution < 1.29 is 28.6 Å². The van der Waals surface area contributed by atoms with Gasteiger partial charge in [0.05, 0.1) is 18.9 Å². The summed E-state index contributed by atoms with van der Waals surface area (Å²) < 4.78 is 16.3. The zero-order valence-electron chi connectivity index (χ0n) is 21.3. The molecule has 0 amide bonds. The maximum atomic E-state index is 13.0. The van der Waals surface area contributed by atoms with Crippen molar-refractivity contribution in [3.8, 4) is 11.5 Å². The van der Waals surface area contributed by atoms with Gasteiger partial charge in [0.2, 0.25) is 5.75 Å². The summed E-state index contributed by atoms with van der Waals surface area (Å²) in [6, 6.07) is 7.71. The van der Waals surface area contributed by atoms with Crippen LogP contribution in [0, 0.1) is 25.7 Å². The number of hydrogen-bond donors (Lipinski definition) is 0. The van der Waals surface area contributed by atoms with Gasteiger partial charge in [-0.3, -0.25) is 14.4 Å². The number of aryl methyl sites for hydroxylation is 2. The first-order chi connectivity index (χ1) is 16.0. The smallest absolute Gasteiger partial charge is 0.313 e. The molecule has 34 heavy (non-hydrogen) atoms. The van der Waals surface area contributed by atoms with Crippen LogP contribution < -0.4 is 9.47 Å². The molecule has 0 saturated heterocycles. The summed E-state index contributed by atoms with van der Waals surface area (Å²) in [7, 11) is 1.41. The number of hydrogen-bond acceptors (Lipinski definition) is 7. The first-order valence-electron chi connectivity index (χ1n) is 11.5. The molecule has 0 fully saturated rings. The van der Waals surface area contributed by atoms with E-state index in [-0.39, 0.29) is 35.6 Å². The number of carbonyl (C=O) groups is 3. The molecule has 0 aliphatic carbocycles. The van der Waals surface area contributed by atoms with Gasteiger partial charge in [-0.15, -0.1) is 0 Å². The van der Waals surface area contributed by atoms with Crippen molar-refractivity contribution in [2.75, 3.05) is 7.11 Å². The molecule has 2 aromatic rings. The van der Waals surface area contributed by atoms with Gasteiger partial charge in [0.15, 0.2) is 17.2 Å². The van der Waals surface area contributed by atoms with E-state index in [2.05, 4.69) is 17.1 Å². The van der Waals surface area contributed by atoms with Crippen molar-refractivity contribution in [2.45, 2.75) is 66.9 Å². The Bertz CT molecular complexity index is 1050. The maximum absolute atomic E-state index is 13.0.